The number of fused-ring (bicyclic) bond motifs is 1. The number of amides is 1. The Hall–Kier alpha value is -3.86. The number of hydrogen-bond acceptors (Lipinski definition) is 8. The summed E-state index contributed by atoms with van der Waals surface area (Å²) < 4.78 is 42.1. The first-order valence-electron chi connectivity index (χ1n) is 11.0. The van der Waals surface area contributed by atoms with Gasteiger partial charge in [0, 0.05) is 6.07 Å². The molecule has 1 saturated heterocycles. The van der Waals surface area contributed by atoms with Gasteiger partial charge in [0.1, 0.15) is 17.2 Å². The zero-order chi connectivity index (χ0) is 24.7. The van der Waals surface area contributed by atoms with Crippen LogP contribution >= 0.6 is 0 Å². The van der Waals surface area contributed by atoms with Crippen molar-refractivity contribution in [1.29, 1.82) is 0 Å². The minimum atomic E-state index is -3.15. The number of nitrogens with one attached hydrogen (secondary N) is 1. The second-order valence-electron chi connectivity index (χ2n) is 8.34. The van der Waals surface area contributed by atoms with E-state index in [1.54, 1.807) is 48.0 Å². The summed E-state index contributed by atoms with van der Waals surface area (Å²) in [7, 11) is -0.0970. The van der Waals surface area contributed by atoms with Crippen LogP contribution in [0.15, 0.2) is 47.1 Å². The lowest BCUT2D eigenvalue weighted by Crippen LogP contribution is -2.15. The number of rotatable bonds is 6. The third-order valence-electron chi connectivity index (χ3n) is 6.06. The quantitative estimate of drug-likeness (QED) is 0.429. The van der Waals surface area contributed by atoms with E-state index in [2.05, 4.69) is 10.4 Å². The fourth-order valence-corrected chi connectivity index (χ4v) is 6.06. The van der Waals surface area contributed by atoms with Crippen LogP contribution in [0.3, 0.4) is 0 Å². The van der Waals surface area contributed by atoms with Crippen LogP contribution in [0.4, 0.5) is 5.69 Å². The Morgan fingerprint density at radius 2 is 2.03 bits per heavy atom. The highest BCUT2D eigenvalue weighted by Gasteiger charge is 2.32. The molecular formula is C24H24N4O6S. The smallest absolute Gasteiger partial charge is 0.256 e. The molecule has 1 aliphatic rings. The SMILES string of the molecule is COc1ccc(OC)c(NC(=O)c2cc(-c3ccco3)nc3c2c(C)nn3[C@H]2CCS(=O)(=O)C2)c1. The first-order chi connectivity index (χ1) is 16.8. The summed E-state index contributed by atoms with van der Waals surface area (Å²) in [6.45, 7) is 1.78. The van der Waals surface area contributed by atoms with Crippen molar-refractivity contribution in [1.82, 2.24) is 14.8 Å². The van der Waals surface area contributed by atoms with Gasteiger partial charge >= 0.3 is 0 Å². The zero-order valence-electron chi connectivity index (χ0n) is 19.4. The van der Waals surface area contributed by atoms with Crippen molar-refractivity contribution in [3.8, 4) is 23.0 Å². The molecule has 3 aromatic heterocycles. The lowest BCUT2D eigenvalue weighted by atomic mass is 10.1. The molecule has 11 heteroatoms. The Labute approximate surface area is 201 Å². The number of furan rings is 1. The van der Waals surface area contributed by atoms with E-state index in [4.69, 9.17) is 18.9 Å². The molecule has 4 aromatic rings. The molecule has 1 atom stereocenters. The van der Waals surface area contributed by atoms with Crippen molar-refractivity contribution in [2.24, 2.45) is 0 Å². The summed E-state index contributed by atoms with van der Waals surface area (Å²) in [5.41, 5.74) is 2.21. The van der Waals surface area contributed by atoms with E-state index in [9.17, 15) is 13.2 Å². The summed E-state index contributed by atoms with van der Waals surface area (Å²) in [5.74, 6) is 1.18. The molecule has 0 spiro atoms. The Morgan fingerprint density at radius 3 is 2.69 bits per heavy atom. The molecule has 0 aliphatic carbocycles. The molecule has 0 unspecified atom stereocenters. The van der Waals surface area contributed by atoms with Crippen molar-refractivity contribution in [3.05, 3.63) is 53.9 Å². The number of nitrogens with zero attached hydrogens (tertiary/aromatic N) is 3. The highest BCUT2D eigenvalue weighted by Crippen LogP contribution is 2.34. The van der Waals surface area contributed by atoms with Crippen molar-refractivity contribution >= 4 is 32.5 Å². The number of methoxy groups -OCH3 is 2. The predicted molar refractivity (Wildman–Crippen MR) is 130 cm³/mol. The van der Waals surface area contributed by atoms with Gasteiger partial charge in [-0.15, -0.1) is 0 Å². The molecule has 1 aromatic carbocycles. The van der Waals surface area contributed by atoms with Gasteiger partial charge in [0.15, 0.2) is 21.2 Å². The van der Waals surface area contributed by atoms with Crippen molar-refractivity contribution in [2.75, 3.05) is 31.0 Å². The minimum absolute atomic E-state index is 0.0155. The standard InChI is InChI=1S/C24H24N4O6S/c1-14-22-17(24(29)26-18-11-16(32-2)6-7-20(18)33-3)12-19(21-5-4-9-34-21)25-23(22)28(27-14)15-8-10-35(30,31)13-15/h4-7,9,11-12,15H,8,10,13H2,1-3H3,(H,26,29)/t15-/m0/s1. The average Bonchev–Trinajstić information content (AvgIpc) is 3.57. The lowest BCUT2D eigenvalue weighted by molar-refractivity contribution is 0.102. The molecule has 1 N–H and O–H groups in total. The van der Waals surface area contributed by atoms with Crippen LogP contribution in [0.5, 0.6) is 11.5 Å². The molecule has 0 saturated carbocycles. The van der Waals surface area contributed by atoms with Crippen molar-refractivity contribution in [3.63, 3.8) is 0 Å². The Morgan fingerprint density at radius 1 is 1.20 bits per heavy atom. The predicted octanol–water partition coefficient (Wildman–Crippen LogP) is 3.63. The van der Waals surface area contributed by atoms with Crippen molar-refractivity contribution < 1.29 is 27.1 Å². The summed E-state index contributed by atoms with van der Waals surface area (Å²) >= 11 is 0. The Kier molecular flexibility index (Phi) is 5.72. The van der Waals surface area contributed by atoms with Gasteiger partial charge in [-0.1, -0.05) is 0 Å². The van der Waals surface area contributed by atoms with Gasteiger partial charge in [-0.25, -0.2) is 18.1 Å². The third kappa shape index (κ3) is 4.23. The number of pyridine rings is 1. The Bertz CT molecular complexity index is 1530. The number of carbonyl (C=O) groups is 1. The van der Waals surface area contributed by atoms with Gasteiger partial charge in [0.2, 0.25) is 0 Å². The summed E-state index contributed by atoms with van der Waals surface area (Å²) in [4.78, 5) is 18.3. The largest absolute Gasteiger partial charge is 0.497 e. The maximum absolute atomic E-state index is 13.6. The molecule has 4 heterocycles. The molecule has 0 radical (unpaired) electrons. The molecule has 182 valence electrons. The number of ether oxygens (including phenoxy) is 2. The first kappa shape index (κ1) is 22.9. The summed E-state index contributed by atoms with van der Waals surface area (Å²) in [6.07, 6.45) is 1.96. The number of sulfone groups is 1. The number of anilines is 1. The summed E-state index contributed by atoms with van der Waals surface area (Å²) in [5, 5.41) is 8.05. The normalized spacial score (nSPS) is 16.9. The van der Waals surface area contributed by atoms with Gasteiger partial charge in [-0.3, -0.25) is 4.79 Å². The van der Waals surface area contributed by atoms with Crippen LogP contribution in [0.25, 0.3) is 22.5 Å². The molecule has 1 amide bonds. The molecule has 0 bridgehead atoms. The number of aryl methyl sites for hydroxylation is 1. The van der Waals surface area contributed by atoms with Gasteiger partial charge in [0.05, 0.1) is 60.4 Å². The number of hydrogen-bond donors (Lipinski definition) is 1. The average molecular weight is 497 g/mol. The van der Waals surface area contributed by atoms with E-state index in [1.807, 2.05) is 0 Å². The van der Waals surface area contributed by atoms with E-state index < -0.39 is 15.7 Å². The number of carbonyl (C=O) groups excluding carboxylic acids is 1. The van der Waals surface area contributed by atoms with Gasteiger partial charge < -0.3 is 19.2 Å². The maximum Gasteiger partial charge on any atom is 0.256 e. The third-order valence-corrected chi connectivity index (χ3v) is 7.81. The molecule has 35 heavy (non-hydrogen) atoms. The van der Waals surface area contributed by atoms with E-state index in [1.165, 1.54) is 20.5 Å². The van der Waals surface area contributed by atoms with Gasteiger partial charge in [-0.05, 0) is 43.7 Å². The molecule has 5 rings (SSSR count). The number of benzene rings is 1. The van der Waals surface area contributed by atoms with E-state index in [0.29, 0.717) is 57.4 Å². The molecule has 1 fully saturated rings. The summed E-state index contributed by atoms with van der Waals surface area (Å²) in [6, 6.07) is 9.87. The second kappa shape index (κ2) is 8.73. The van der Waals surface area contributed by atoms with Crippen LogP contribution in [0, 0.1) is 6.92 Å². The van der Waals surface area contributed by atoms with E-state index in [-0.39, 0.29) is 17.5 Å². The highest BCUT2D eigenvalue weighted by molar-refractivity contribution is 7.91. The van der Waals surface area contributed by atoms with Crippen LogP contribution in [0.1, 0.15) is 28.5 Å². The first-order valence-corrected chi connectivity index (χ1v) is 12.8. The fraction of sp³-hybridized carbons (Fsp3) is 0.292. The zero-order valence-corrected chi connectivity index (χ0v) is 20.3. The molecule has 10 nitrogen and oxygen atoms in total. The molecular weight excluding hydrogens is 472 g/mol. The van der Waals surface area contributed by atoms with Gasteiger partial charge in [0.25, 0.3) is 5.91 Å². The monoisotopic (exact) mass is 496 g/mol. The Balaban J connectivity index is 1.65. The lowest BCUT2D eigenvalue weighted by Gasteiger charge is -2.13. The van der Waals surface area contributed by atoms with Crippen molar-refractivity contribution in [2.45, 2.75) is 19.4 Å². The fourth-order valence-electron chi connectivity index (χ4n) is 4.37. The van der Waals surface area contributed by atoms with Crippen LogP contribution < -0.4 is 14.8 Å². The van der Waals surface area contributed by atoms with E-state index in [0.717, 1.165) is 0 Å². The van der Waals surface area contributed by atoms with Crippen LogP contribution in [-0.4, -0.2) is 54.8 Å². The highest BCUT2D eigenvalue weighted by atomic mass is 32.2. The van der Waals surface area contributed by atoms with Gasteiger partial charge in [-0.2, -0.15) is 5.10 Å². The van der Waals surface area contributed by atoms with Crippen LogP contribution in [0.2, 0.25) is 0 Å². The topological polar surface area (TPSA) is 126 Å². The number of aromatic nitrogens is 3. The second-order valence-corrected chi connectivity index (χ2v) is 10.6. The molecule has 1 aliphatic heterocycles. The minimum Gasteiger partial charge on any atom is -0.497 e. The van der Waals surface area contributed by atoms with E-state index >= 15 is 0 Å². The maximum atomic E-state index is 13.6. The van der Waals surface area contributed by atoms with Crippen LogP contribution in [-0.2, 0) is 9.84 Å².